The highest BCUT2D eigenvalue weighted by molar-refractivity contribution is 9.10. The maximum absolute atomic E-state index is 11.5. The van der Waals surface area contributed by atoms with Crippen LogP contribution in [0.25, 0.3) is 11.1 Å². The second kappa shape index (κ2) is 5.02. The monoisotopic (exact) mass is 330 g/mol. The van der Waals surface area contributed by atoms with Crippen LogP contribution in [0, 0.1) is 13.8 Å². The zero-order valence-electron chi connectivity index (χ0n) is 11.5. The van der Waals surface area contributed by atoms with E-state index in [4.69, 9.17) is 0 Å². The van der Waals surface area contributed by atoms with Gasteiger partial charge in [-0.2, -0.15) is 0 Å². The van der Waals surface area contributed by atoms with Crippen molar-refractivity contribution in [2.45, 2.75) is 26.7 Å². The molecular formula is C16H15BrN2O. The van der Waals surface area contributed by atoms with Crippen LogP contribution in [-0.4, -0.2) is 10.9 Å². The first kappa shape index (κ1) is 13.3. The van der Waals surface area contributed by atoms with Crippen molar-refractivity contribution in [2.24, 2.45) is 0 Å². The third-order valence-electron chi connectivity index (χ3n) is 3.59. The van der Waals surface area contributed by atoms with E-state index in [2.05, 4.69) is 38.4 Å². The van der Waals surface area contributed by atoms with Gasteiger partial charge >= 0.3 is 0 Å². The zero-order valence-corrected chi connectivity index (χ0v) is 13.0. The molecule has 0 spiro atoms. The molecule has 2 aromatic rings. The summed E-state index contributed by atoms with van der Waals surface area (Å²) in [6, 6.07) is 8.33. The smallest absolute Gasteiger partial charge is 0.224 e. The standard InChI is InChI=1S/C16H15BrN2O/c1-9-3-5-13(10(2)18-9)12-7-11-4-6-15(20)19-16(11)14(17)8-12/h3,5,7-8H,4,6H2,1-2H3,(H,19,20). The maximum Gasteiger partial charge on any atom is 0.224 e. The van der Waals surface area contributed by atoms with Gasteiger partial charge < -0.3 is 5.32 Å². The van der Waals surface area contributed by atoms with Gasteiger partial charge in [0.15, 0.2) is 0 Å². The summed E-state index contributed by atoms with van der Waals surface area (Å²) in [6.07, 6.45) is 1.33. The van der Waals surface area contributed by atoms with E-state index in [1.807, 2.05) is 26.0 Å². The van der Waals surface area contributed by atoms with Gasteiger partial charge in [0.1, 0.15) is 0 Å². The van der Waals surface area contributed by atoms with Crippen LogP contribution in [0.15, 0.2) is 28.7 Å². The SMILES string of the molecule is Cc1ccc(-c2cc(Br)c3c(c2)CCC(=O)N3)c(C)n1. The van der Waals surface area contributed by atoms with Gasteiger partial charge in [-0.3, -0.25) is 9.78 Å². The summed E-state index contributed by atoms with van der Waals surface area (Å²) >= 11 is 3.56. The molecule has 0 saturated heterocycles. The Bertz CT molecular complexity index is 710. The summed E-state index contributed by atoms with van der Waals surface area (Å²) in [5.41, 5.74) is 6.40. The van der Waals surface area contributed by atoms with Crippen LogP contribution in [-0.2, 0) is 11.2 Å². The van der Waals surface area contributed by atoms with E-state index in [1.54, 1.807) is 0 Å². The van der Waals surface area contributed by atoms with Crippen molar-refractivity contribution in [1.82, 2.24) is 4.98 Å². The highest BCUT2D eigenvalue weighted by atomic mass is 79.9. The van der Waals surface area contributed by atoms with Gasteiger partial charge in [0.25, 0.3) is 0 Å². The molecule has 102 valence electrons. The van der Waals surface area contributed by atoms with Gasteiger partial charge in [-0.25, -0.2) is 0 Å². The molecule has 1 N–H and O–H groups in total. The Balaban J connectivity index is 2.12. The molecule has 3 rings (SSSR count). The number of nitrogens with zero attached hydrogens (tertiary/aromatic N) is 1. The second-order valence-electron chi connectivity index (χ2n) is 5.13. The zero-order chi connectivity index (χ0) is 14.3. The largest absolute Gasteiger partial charge is 0.325 e. The number of aryl methyl sites for hydroxylation is 3. The van der Waals surface area contributed by atoms with Gasteiger partial charge in [0.2, 0.25) is 5.91 Å². The number of hydrogen-bond donors (Lipinski definition) is 1. The minimum atomic E-state index is 0.0825. The molecule has 0 saturated carbocycles. The molecule has 1 aliphatic rings. The minimum absolute atomic E-state index is 0.0825. The molecule has 20 heavy (non-hydrogen) atoms. The lowest BCUT2D eigenvalue weighted by Gasteiger charge is -2.20. The number of benzene rings is 1. The van der Waals surface area contributed by atoms with E-state index in [1.165, 1.54) is 5.56 Å². The Morgan fingerprint density at radius 3 is 2.75 bits per heavy atom. The van der Waals surface area contributed by atoms with Gasteiger partial charge in [0.05, 0.1) is 5.69 Å². The summed E-state index contributed by atoms with van der Waals surface area (Å²) in [7, 11) is 0. The molecule has 0 radical (unpaired) electrons. The second-order valence-corrected chi connectivity index (χ2v) is 5.98. The Labute approximate surface area is 126 Å². The van der Waals surface area contributed by atoms with Crippen LogP contribution < -0.4 is 5.32 Å². The average Bonchev–Trinajstić information content (AvgIpc) is 2.39. The molecular weight excluding hydrogens is 316 g/mol. The van der Waals surface area contributed by atoms with E-state index in [-0.39, 0.29) is 5.91 Å². The van der Waals surface area contributed by atoms with Gasteiger partial charge in [-0.05, 0) is 65.5 Å². The Morgan fingerprint density at radius 2 is 2.00 bits per heavy atom. The molecule has 0 atom stereocenters. The summed E-state index contributed by atoms with van der Waals surface area (Å²) in [4.78, 5) is 16.0. The lowest BCUT2D eigenvalue weighted by atomic mass is 9.96. The first-order chi connectivity index (χ1) is 9.54. The van der Waals surface area contributed by atoms with E-state index in [0.717, 1.165) is 39.1 Å². The molecule has 1 amide bonds. The predicted molar refractivity (Wildman–Crippen MR) is 83.8 cm³/mol. The van der Waals surface area contributed by atoms with Crippen molar-refractivity contribution in [3.63, 3.8) is 0 Å². The third-order valence-corrected chi connectivity index (χ3v) is 4.22. The number of amides is 1. The highest BCUT2D eigenvalue weighted by Crippen LogP contribution is 2.36. The van der Waals surface area contributed by atoms with Crippen molar-refractivity contribution in [3.8, 4) is 11.1 Å². The van der Waals surface area contributed by atoms with Gasteiger partial charge in [0, 0.05) is 27.8 Å². The van der Waals surface area contributed by atoms with Crippen LogP contribution in [0.3, 0.4) is 0 Å². The van der Waals surface area contributed by atoms with E-state index in [9.17, 15) is 4.79 Å². The number of carbonyl (C=O) groups excluding carboxylic acids is 1. The van der Waals surface area contributed by atoms with Crippen LogP contribution in [0.5, 0.6) is 0 Å². The lowest BCUT2D eigenvalue weighted by Crippen LogP contribution is -2.19. The molecule has 0 aliphatic carbocycles. The summed E-state index contributed by atoms with van der Waals surface area (Å²) in [6.45, 7) is 4.02. The molecule has 1 aliphatic heterocycles. The number of halogens is 1. The summed E-state index contributed by atoms with van der Waals surface area (Å²) < 4.78 is 0.929. The first-order valence-electron chi connectivity index (χ1n) is 6.61. The average molecular weight is 331 g/mol. The molecule has 0 fully saturated rings. The molecule has 2 heterocycles. The quantitative estimate of drug-likeness (QED) is 0.858. The molecule has 0 bridgehead atoms. The number of aromatic nitrogens is 1. The molecule has 4 heteroatoms. The van der Waals surface area contributed by atoms with E-state index >= 15 is 0 Å². The fraction of sp³-hybridized carbons (Fsp3) is 0.250. The van der Waals surface area contributed by atoms with Crippen LogP contribution in [0.2, 0.25) is 0 Å². The van der Waals surface area contributed by atoms with Crippen LogP contribution in [0.4, 0.5) is 5.69 Å². The lowest BCUT2D eigenvalue weighted by molar-refractivity contribution is -0.116. The van der Waals surface area contributed by atoms with Gasteiger partial charge in [-0.1, -0.05) is 6.07 Å². The normalized spacial score (nSPS) is 13.8. The number of hydrogen-bond acceptors (Lipinski definition) is 2. The number of anilines is 1. The first-order valence-corrected chi connectivity index (χ1v) is 7.41. The van der Waals surface area contributed by atoms with Crippen LogP contribution >= 0.6 is 15.9 Å². The van der Waals surface area contributed by atoms with Crippen LogP contribution in [0.1, 0.15) is 23.4 Å². The third kappa shape index (κ3) is 2.36. The fourth-order valence-electron chi connectivity index (χ4n) is 2.60. The van der Waals surface area contributed by atoms with E-state index in [0.29, 0.717) is 6.42 Å². The number of rotatable bonds is 1. The number of fused-ring (bicyclic) bond motifs is 1. The Morgan fingerprint density at radius 1 is 1.20 bits per heavy atom. The number of carbonyl (C=O) groups is 1. The molecule has 1 aromatic carbocycles. The molecule has 3 nitrogen and oxygen atoms in total. The topological polar surface area (TPSA) is 42.0 Å². The van der Waals surface area contributed by atoms with Gasteiger partial charge in [-0.15, -0.1) is 0 Å². The highest BCUT2D eigenvalue weighted by Gasteiger charge is 2.19. The minimum Gasteiger partial charge on any atom is -0.325 e. The van der Waals surface area contributed by atoms with Crippen molar-refractivity contribution < 1.29 is 4.79 Å². The maximum atomic E-state index is 11.5. The Hall–Kier alpha value is -1.68. The fourth-order valence-corrected chi connectivity index (χ4v) is 3.20. The molecule has 1 aromatic heterocycles. The van der Waals surface area contributed by atoms with Crippen molar-refractivity contribution in [1.29, 1.82) is 0 Å². The molecule has 0 unspecified atom stereocenters. The summed E-state index contributed by atoms with van der Waals surface area (Å²) in [5.74, 6) is 0.0825. The summed E-state index contributed by atoms with van der Waals surface area (Å²) in [5, 5.41) is 2.93. The van der Waals surface area contributed by atoms with Crippen molar-refractivity contribution in [2.75, 3.05) is 5.32 Å². The predicted octanol–water partition coefficient (Wildman–Crippen LogP) is 4.01. The van der Waals surface area contributed by atoms with Crippen molar-refractivity contribution >= 4 is 27.5 Å². The Kier molecular flexibility index (Phi) is 3.34. The van der Waals surface area contributed by atoms with Crippen molar-refractivity contribution in [3.05, 3.63) is 45.7 Å². The number of pyridine rings is 1. The number of nitrogens with one attached hydrogen (secondary N) is 1. The van der Waals surface area contributed by atoms with E-state index < -0.39 is 0 Å².